The fourth-order valence-corrected chi connectivity index (χ4v) is 7.62. The van der Waals surface area contributed by atoms with Crippen LogP contribution in [-0.4, -0.2) is 15.0 Å². The molecular formula is C51H35N3O. The predicted octanol–water partition coefficient (Wildman–Crippen LogP) is 13.5. The molecule has 0 saturated heterocycles. The summed E-state index contributed by atoms with van der Waals surface area (Å²) >= 11 is 0. The SMILES string of the molecule is C1=CC(c2ccc(-c3nc(-c4ccccc4)nc(-c4cccc5oc6ccc(-c7ccc(-c8ccccc8)c(-c8ccccc8)c7)cc6c45)n3)cc2)=CCC1. The van der Waals surface area contributed by atoms with E-state index in [2.05, 4.69) is 146 Å². The van der Waals surface area contributed by atoms with E-state index in [-0.39, 0.29) is 0 Å². The maximum atomic E-state index is 6.49. The van der Waals surface area contributed by atoms with E-state index in [0.717, 1.165) is 62.6 Å². The molecule has 4 nitrogen and oxygen atoms in total. The van der Waals surface area contributed by atoms with Gasteiger partial charge in [0.1, 0.15) is 11.2 Å². The van der Waals surface area contributed by atoms with E-state index < -0.39 is 0 Å². The first-order chi connectivity index (χ1) is 27.2. The highest BCUT2D eigenvalue weighted by molar-refractivity contribution is 6.13. The third kappa shape index (κ3) is 6.24. The standard InChI is InChI=1S/C51H35N3O/c1-5-14-34(15-6-1)35-24-26-39(27-25-35)50-52-49(38-20-11-4-12-21-38)53-51(54-50)43-22-13-23-47-48(43)45-33-41(29-31-46(45)55-47)40-28-30-42(36-16-7-2-8-17-36)44(32-40)37-18-9-3-10-19-37/h2-5,7-33H,1,6H2. The van der Waals surface area contributed by atoms with Crippen molar-refractivity contribution >= 4 is 27.5 Å². The Bertz CT molecular complexity index is 2890. The third-order valence-corrected chi connectivity index (χ3v) is 10.4. The Labute approximate surface area is 319 Å². The quantitative estimate of drug-likeness (QED) is 0.166. The van der Waals surface area contributed by atoms with Crippen molar-refractivity contribution in [2.45, 2.75) is 12.8 Å². The van der Waals surface area contributed by atoms with Gasteiger partial charge in [-0.15, -0.1) is 0 Å². The minimum absolute atomic E-state index is 0.600. The average Bonchev–Trinajstić information content (AvgIpc) is 3.66. The van der Waals surface area contributed by atoms with Gasteiger partial charge in [-0.1, -0.05) is 164 Å². The molecule has 0 saturated carbocycles. The highest BCUT2D eigenvalue weighted by Crippen LogP contribution is 2.40. The lowest BCUT2D eigenvalue weighted by Gasteiger charge is -2.13. The van der Waals surface area contributed by atoms with Crippen molar-refractivity contribution in [2.75, 3.05) is 0 Å². The smallest absolute Gasteiger partial charge is 0.164 e. The zero-order chi connectivity index (χ0) is 36.6. The van der Waals surface area contributed by atoms with Gasteiger partial charge in [-0.25, -0.2) is 15.0 Å². The minimum atomic E-state index is 0.600. The van der Waals surface area contributed by atoms with Crippen molar-refractivity contribution in [3.05, 3.63) is 194 Å². The van der Waals surface area contributed by atoms with Crippen molar-refractivity contribution < 1.29 is 4.42 Å². The summed E-state index contributed by atoms with van der Waals surface area (Å²) in [5, 5.41) is 1.99. The number of aromatic nitrogens is 3. The van der Waals surface area contributed by atoms with E-state index in [1.807, 2.05) is 42.5 Å². The van der Waals surface area contributed by atoms with Crippen molar-refractivity contribution in [3.8, 4) is 67.5 Å². The fourth-order valence-electron chi connectivity index (χ4n) is 7.62. The molecule has 0 spiro atoms. The number of allylic oxidation sites excluding steroid dienone is 4. The Morgan fingerprint density at radius 1 is 0.382 bits per heavy atom. The molecule has 0 N–H and O–H groups in total. The van der Waals surface area contributed by atoms with Crippen LogP contribution in [0, 0.1) is 0 Å². The third-order valence-electron chi connectivity index (χ3n) is 10.4. The Hall–Kier alpha value is -7.17. The second-order valence-corrected chi connectivity index (χ2v) is 13.9. The highest BCUT2D eigenvalue weighted by atomic mass is 16.3. The summed E-state index contributed by atoms with van der Waals surface area (Å²) in [6, 6.07) is 59.2. The first-order valence-electron chi connectivity index (χ1n) is 18.8. The normalized spacial score (nSPS) is 12.6. The average molecular weight is 706 g/mol. The van der Waals surface area contributed by atoms with Crippen LogP contribution in [0.5, 0.6) is 0 Å². The highest BCUT2D eigenvalue weighted by Gasteiger charge is 2.19. The molecule has 0 atom stereocenters. The summed E-state index contributed by atoms with van der Waals surface area (Å²) in [5.41, 5.74) is 13.8. The van der Waals surface area contributed by atoms with Gasteiger partial charge in [0.2, 0.25) is 0 Å². The second-order valence-electron chi connectivity index (χ2n) is 13.9. The Morgan fingerprint density at radius 3 is 1.65 bits per heavy atom. The Kier molecular flexibility index (Phi) is 8.27. The summed E-state index contributed by atoms with van der Waals surface area (Å²) in [7, 11) is 0. The van der Waals surface area contributed by atoms with E-state index in [0.29, 0.717) is 17.5 Å². The molecule has 0 aliphatic heterocycles. The van der Waals surface area contributed by atoms with Gasteiger partial charge in [0.15, 0.2) is 17.5 Å². The van der Waals surface area contributed by atoms with Gasteiger partial charge in [-0.2, -0.15) is 0 Å². The van der Waals surface area contributed by atoms with Crippen molar-refractivity contribution in [1.82, 2.24) is 15.0 Å². The van der Waals surface area contributed by atoms with Crippen molar-refractivity contribution in [2.24, 2.45) is 0 Å². The molecule has 0 unspecified atom stereocenters. The molecule has 2 aromatic heterocycles. The molecule has 0 fully saturated rings. The summed E-state index contributed by atoms with van der Waals surface area (Å²) in [6.45, 7) is 0. The topological polar surface area (TPSA) is 51.8 Å². The predicted molar refractivity (Wildman–Crippen MR) is 226 cm³/mol. The van der Waals surface area contributed by atoms with Crippen LogP contribution in [0.15, 0.2) is 193 Å². The minimum Gasteiger partial charge on any atom is -0.456 e. The van der Waals surface area contributed by atoms with Crippen LogP contribution in [-0.2, 0) is 0 Å². The zero-order valence-corrected chi connectivity index (χ0v) is 30.1. The van der Waals surface area contributed by atoms with Crippen molar-refractivity contribution in [3.63, 3.8) is 0 Å². The first kappa shape index (κ1) is 32.5. The van der Waals surface area contributed by atoms with E-state index in [1.165, 1.54) is 33.4 Å². The number of nitrogens with zero attached hydrogens (tertiary/aromatic N) is 3. The largest absolute Gasteiger partial charge is 0.456 e. The van der Waals surface area contributed by atoms with Crippen LogP contribution in [0.25, 0.3) is 95.1 Å². The van der Waals surface area contributed by atoms with Crippen LogP contribution in [0.2, 0.25) is 0 Å². The molecule has 0 amide bonds. The fraction of sp³-hybridized carbons (Fsp3) is 0.0392. The maximum Gasteiger partial charge on any atom is 0.164 e. The number of rotatable bonds is 7. The molecule has 7 aromatic carbocycles. The van der Waals surface area contributed by atoms with Crippen LogP contribution in [0.4, 0.5) is 0 Å². The summed E-state index contributed by atoms with van der Waals surface area (Å²) in [4.78, 5) is 15.3. The second kappa shape index (κ2) is 14.0. The lowest BCUT2D eigenvalue weighted by atomic mass is 9.91. The summed E-state index contributed by atoms with van der Waals surface area (Å²) in [5.74, 6) is 1.85. The number of fused-ring (bicyclic) bond motifs is 3. The van der Waals surface area contributed by atoms with E-state index in [9.17, 15) is 0 Å². The number of benzene rings is 7. The summed E-state index contributed by atoms with van der Waals surface area (Å²) in [6.07, 6.45) is 8.90. The van der Waals surface area contributed by atoms with Gasteiger partial charge >= 0.3 is 0 Å². The molecule has 55 heavy (non-hydrogen) atoms. The van der Waals surface area contributed by atoms with E-state index in [4.69, 9.17) is 19.4 Å². The molecule has 260 valence electrons. The lowest BCUT2D eigenvalue weighted by molar-refractivity contribution is 0.669. The van der Waals surface area contributed by atoms with Gasteiger partial charge in [0.25, 0.3) is 0 Å². The van der Waals surface area contributed by atoms with Crippen LogP contribution in [0.3, 0.4) is 0 Å². The number of furan rings is 1. The number of hydrogen-bond acceptors (Lipinski definition) is 4. The van der Waals surface area contributed by atoms with E-state index in [1.54, 1.807) is 0 Å². The molecule has 10 rings (SSSR count). The molecule has 1 aliphatic carbocycles. The molecule has 4 heteroatoms. The maximum absolute atomic E-state index is 6.49. The van der Waals surface area contributed by atoms with Gasteiger partial charge < -0.3 is 4.42 Å². The lowest BCUT2D eigenvalue weighted by Crippen LogP contribution is -2.00. The molecule has 1 aliphatic rings. The molecule has 0 radical (unpaired) electrons. The van der Waals surface area contributed by atoms with E-state index >= 15 is 0 Å². The monoisotopic (exact) mass is 705 g/mol. The molecule has 0 bridgehead atoms. The molecule has 9 aromatic rings. The van der Waals surface area contributed by atoms with Gasteiger partial charge in [0, 0.05) is 27.5 Å². The van der Waals surface area contributed by atoms with Gasteiger partial charge in [0.05, 0.1) is 0 Å². The Morgan fingerprint density at radius 2 is 0.964 bits per heavy atom. The van der Waals surface area contributed by atoms with Gasteiger partial charge in [-0.3, -0.25) is 0 Å². The summed E-state index contributed by atoms with van der Waals surface area (Å²) < 4.78 is 6.49. The number of hydrogen-bond donors (Lipinski definition) is 0. The van der Waals surface area contributed by atoms with Crippen LogP contribution >= 0.6 is 0 Å². The van der Waals surface area contributed by atoms with Crippen LogP contribution < -0.4 is 0 Å². The first-order valence-corrected chi connectivity index (χ1v) is 18.8. The zero-order valence-electron chi connectivity index (χ0n) is 30.1. The Balaban J connectivity index is 1.12. The van der Waals surface area contributed by atoms with Gasteiger partial charge in [-0.05, 0) is 81.6 Å². The van der Waals surface area contributed by atoms with Crippen LogP contribution in [0.1, 0.15) is 18.4 Å². The molecule has 2 heterocycles. The molecular weight excluding hydrogens is 671 g/mol. The van der Waals surface area contributed by atoms with Crippen molar-refractivity contribution in [1.29, 1.82) is 0 Å².